The summed E-state index contributed by atoms with van der Waals surface area (Å²) in [6.45, 7) is 5.61. The number of hydrogen-bond acceptors (Lipinski definition) is 11. The molecule has 2 aromatic carbocycles. The first kappa shape index (κ1) is 30.8. The number of nitrogens with one attached hydrogen (secondary N) is 1. The highest BCUT2D eigenvalue weighted by Crippen LogP contribution is 2.34. The molecule has 1 aromatic heterocycles. The molecule has 0 spiro atoms. The number of carbonyl (C=O) groups is 2. The maximum absolute atomic E-state index is 13.3. The number of rotatable bonds is 11. The highest BCUT2D eigenvalue weighted by molar-refractivity contribution is 7.88. The van der Waals surface area contributed by atoms with Crippen LogP contribution in [0, 0.1) is 0 Å². The van der Waals surface area contributed by atoms with Gasteiger partial charge in [-0.2, -0.15) is 9.29 Å². The minimum atomic E-state index is -3.57. The van der Waals surface area contributed by atoms with Crippen molar-refractivity contribution in [2.24, 2.45) is 0 Å². The van der Waals surface area contributed by atoms with Crippen LogP contribution in [0.5, 0.6) is 5.88 Å². The number of nitrogens with two attached hydrogens (primary N) is 1. The molecule has 42 heavy (non-hydrogen) atoms. The van der Waals surface area contributed by atoms with Gasteiger partial charge < -0.3 is 29.7 Å². The molecule has 2 heterocycles. The van der Waals surface area contributed by atoms with Crippen molar-refractivity contribution in [1.29, 1.82) is 0 Å². The van der Waals surface area contributed by atoms with E-state index < -0.39 is 34.1 Å². The fourth-order valence-electron chi connectivity index (χ4n) is 5.05. The molecule has 4 rings (SSSR count). The standard InChI is InChI=1S/C29H36N4O8S/c1-5-39-24(34)17-40-27-25(28(35)38-4)41-26(32-27)20-9-7-11-22(15-20)31-23-12-13-33(29(2,3)16-23)42(36,37)18-19-8-6-10-21(30)14-19/h6-11,14-15,23,31H,5,12-13,16-18,30H2,1-4H3. The number of esters is 2. The second kappa shape index (κ2) is 12.8. The predicted molar refractivity (Wildman–Crippen MR) is 156 cm³/mol. The average Bonchev–Trinajstić information content (AvgIpc) is 3.35. The number of methoxy groups -OCH3 is 1. The quantitative estimate of drug-likeness (QED) is 0.243. The fraction of sp³-hybridized carbons (Fsp3) is 0.414. The van der Waals surface area contributed by atoms with Crippen molar-refractivity contribution < 1.29 is 36.6 Å². The number of ether oxygens (including phenoxy) is 3. The predicted octanol–water partition coefficient (Wildman–Crippen LogP) is 3.84. The third-order valence-electron chi connectivity index (χ3n) is 6.82. The van der Waals surface area contributed by atoms with Gasteiger partial charge in [0.25, 0.3) is 11.6 Å². The molecule has 1 saturated heterocycles. The molecule has 3 aromatic rings. The molecule has 3 N–H and O–H groups in total. The molecular weight excluding hydrogens is 564 g/mol. The van der Waals surface area contributed by atoms with Crippen LogP contribution in [0.2, 0.25) is 0 Å². The summed E-state index contributed by atoms with van der Waals surface area (Å²) in [4.78, 5) is 28.2. The van der Waals surface area contributed by atoms with Crippen molar-refractivity contribution in [3.63, 3.8) is 0 Å². The highest BCUT2D eigenvalue weighted by atomic mass is 32.2. The maximum Gasteiger partial charge on any atom is 0.379 e. The van der Waals surface area contributed by atoms with E-state index in [-0.39, 0.29) is 35.9 Å². The Kier molecular flexibility index (Phi) is 9.42. The van der Waals surface area contributed by atoms with Crippen molar-refractivity contribution in [3.05, 3.63) is 59.9 Å². The van der Waals surface area contributed by atoms with Crippen LogP contribution in [0.15, 0.2) is 52.9 Å². The van der Waals surface area contributed by atoms with E-state index >= 15 is 0 Å². The normalized spacial score (nSPS) is 16.9. The first-order chi connectivity index (χ1) is 19.9. The summed E-state index contributed by atoms with van der Waals surface area (Å²) in [7, 11) is -2.38. The number of piperidine rings is 1. The third kappa shape index (κ3) is 7.39. The van der Waals surface area contributed by atoms with Crippen LogP contribution in [-0.2, 0) is 30.0 Å². The molecule has 0 aliphatic carbocycles. The lowest BCUT2D eigenvalue weighted by Gasteiger charge is -2.45. The van der Waals surface area contributed by atoms with Gasteiger partial charge in [-0.05, 0) is 69.5 Å². The minimum absolute atomic E-state index is 0.00673. The Bertz CT molecular complexity index is 1540. The van der Waals surface area contributed by atoms with E-state index in [2.05, 4.69) is 10.3 Å². The number of nitrogen functional groups attached to an aromatic ring is 1. The Morgan fingerprint density at radius 1 is 1.19 bits per heavy atom. The van der Waals surface area contributed by atoms with Gasteiger partial charge in [-0.1, -0.05) is 18.2 Å². The molecule has 1 atom stereocenters. The molecule has 13 heteroatoms. The maximum atomic E-state index is 13.3. The van der Waals surface area contributed by atoms with Gasteiger partial charge >= 0.3 is 11.9 Å². The van der Waals surface area contributed by atoms with E-state index in [0.717, 1.165) is 5.69 Å². The van der Waals surface area contributed by atoms with E-state index in [9.17, 15) is 18.0 Å². The molecule has 1 fully saturated rings. The highest BCUT2D eigenvalue weighted by Gasteiger charge is 2.41. The number of sulfonamides is 1. The van der Waals surface area contributed by atoms with Gasteiger partial charge in [0.05, 0.1) is 19.5 Å². The average molecular weight is 601 g/mol. The van der Waals surface area contributed by atoms with Gasteiger partial charge in [-0.3, -0.25) is 0 Å². The molecule has 0 amide bonds. The zero-order chi connectivity index (χ0) is 30.5. The summed E-state index contributed by atoms with van der Waals surface area (Å²) in [6, 6.07) is 14.2. The fourth-order valence-corrected chi connectivity index (χ4v) is 7.02. The van der Waals surface area contributed by atoms with Crippen molar-refractivity contribution in [1.82, 2.24) is 9.29 Å². The number of aromatic nitrogens is 1. The lowest BCUT2D eigenvalue weighted by Crippen LogP contribution is -2.55. The van der Waals surface area contributed by atoms with Crippen LogP contribution in [0.4, 0.5) is 11.4 Å². The Labute approximate surface area is 245 Å². The van der Waals surface area contributed by atoms with Crippen LogP contribution < -0.4 is 15.8 Å². The zero-order valence-corrected chi connectivity index (χ0v) is 24.9. The Balaban J connectivity index is 1.46. The van der Waals surface area contributed by atoms with Gasteiger partial charge in [-0.25, -0.2) is 18.0 Å². The summed E-state index contributed by atoms with van der Waals surface area (Å²) < 4.78 is 48.9. The second-order valence-corrected chi connectivity index (χ2v) is 12.4. The first-order valence-corrected chi connectivity index (χ1v) is 15.1. The van der Waals surface area contributed by atoms with E-state index in [1.165, 1.54) is 7.11 Å². The van der Waals surface area contributed by atoms with E-state index in [1.807, 2.05) is 19.9 Å². The van der Waals surface area contributed by atoms with E-state index in [0.29, 0.717) is 36.2 Å². The molecule has 1 unspecified atom stereocenters. The van der Waals surface area contributed by atoms with Gasteiger partial charge in [0.2, 0.25) is 15.9 Å². The number of hydrogen-bond donors (Lipinski definition) is 2. The van der Waals surface area contributed by atoms with Gasteiger partial charge in [0.1, 0.15) is 0 Å². The molecule has 0 saturated carbocycles. The lowest BCUT2D eigenvalue weighted by molar-refractivity contribution is -0.145. The van der Waals surface area contributed by atoms with Crippen LogP contribution in [0.1, 0.15) is 49.7 Å². The molecular formula is C29H36N4O8S. The minimum Gasteiger partial charge on any atom is -0.463 e. The molecule has 0 radical (unpaired) electrons. The number of oxazole rings is 1. The molecule has 0 bridgehead atoms. The van der Waals surface area contributed by atoms with Crippen molar-refractivity contribution >= 4 is 33.3 Å². The zero-order valence-electron chi connectivity index (χ0n) is 24.1. The second-order valence-electron chi connectivity index (χ2n) is 10.5. The van der Waals surface area contributed by atoms with Gasteiger partial charge in [-0.15, -0.1) is 0 Å². The number of anilines is 2. The van der Waals surface area contributed by atoms with Crippen LogP contribution in [0.25, 0.3) is 11.5 Å². The van der Waals surface area contributed by atoms with Crippen molar-refractivity contribution in [2.75, 3.05) is 37.9 Å². The SMILES string of the molecule is CCOC(=O)COc1nc(-c2cccc(NC3CCN(S(=O)(=O)Cc4cccc(N)c4)C(C)(C)C3)c2)oc1C(=O)OC. The number of nitrogens with zero attached hydrogens (tertiary/aromatic N) is 2. The third-order valence-corrected chi connectivity index (χ3v) is 8.86. The monoisotopic (exact) mass is 600 g/mol. The van der Waals surface area contributed by atoms with Crippen LogP contribution in [0.3, 0.4) is 0 Å². The Morgan fingerprint density at radius 2 is 1.95 bits per heavy atom. The topological polar surface area (TPSA) is 163 Å². The Morgan fingerprint density at radius 3 is 2.64 bits per heavy atom. The lowest BCUT2D eigenvalue weighted by atomic mass is 9.89. The number of carbonyl (C=O) groups excluding carboxylic acids is 2. The summed E-state index contributed by atoms with van der Waals surface area (Å²) in [5.41, 5.74) is 7.70. The van der Waals surface area contributed by atoms with Crippen molar-refractivity contribution in [3.8, 4) is 17.3 Å². The van der Waals surface area contributed by atoms with Crippen LogP contribution in [-0.4, -0.2) is 68.1 Å². The largest absolute Gasteiger partial charge is 0.463 e. The number of benzene rings is 2. The molecule has 1 aliphatic heterocycles. The van der Waals surface area contributed by atoms with Gasteiger partial charge in [0.15, 0.2) is 6.61 Å². The van der Waals surface area contributed by atoms with E-state index in [1.54, 1.807) is 53.7 Å². The summed E-state index contributed by atoms with van der Waals surface area (Å²) >= 11 is 0. The summed E-state index contributed by atoms with van der Waals surface area (Å²) in [5.74, 6) is -1.89. The summed E-state index contributed by atoms with van der Waals surface area (Å²) in [5, 5.41) is 3.49. The Hall–Kier alpha value is -4.10. The summed E-state index contributed by atoms with van der Waals surface area (Å²) in [6.07, 6.45) is 1.17. The van der Waals surface area contributed by atoms with Crippen molar-refractivity contribution in [2.45, 2.75) is 50.9 Å². The molecule has 1 aliphatic rings. The van der Waals surface area contributed by atoms with Crippen LogP contribution >= 0.6 is 0 Å². The smallest absolute Gasteiger partial charge is 0.379 e. The van der Waals surface area contributed by atoms with Gasteiger partial charge in [0, 0.05) is 35.1 Å². The molecule has 226 valence electrons. The first-order valence-electron chi connectivity index (χ1n) is 13.5. The van der Waals surface area contributed by atoms with E-state index in [4.69, 9.17) is 24.4 Å². The molecule has 12 nitrogen and oxygen atoms in total.